The van der Waals surface area contributed by atoms with E-state index in [1.54, 1.807) is 12.1 Å². The third-order valence-corrected chi connectivity index (χ3v) is 5.52. The van der Waals surface area contributed by atoms with Crippen LogP contribution < -0.4 is 14.8 Å². The van der Waals surface area contributed by atoms with Crippen LogP contribution in [0.2, 0.25) is 5.02 Å². The average Bonchev–Trinajstić information content (AvgIpc) is 3.40. The summed E-state index contributed by atoms with van der Waals surface area (Å²) in [6.07, 6.45) is 0.933. The number of carbonyl (C=O) groups excluding carboxylic acids is 1. The molecule has 2 N–H and O–H groups in total. The number of fused-ring (bicyclic) bond motifs is 1. The first-order valence-corrected chi connectivity index (χ1v) is 10.7. The van der Waals surface area contributed by atoms with E-state index in [1.807, 2.05) is 38.4 Å². The van der Waals surface area contributed by atoms with E-state index in [0.717, 1.165) is 24.3 Å². The van der Waals surface area contributed by atoms with Gasteiger partial charge in [0.1, 0.15) is 5.75 Å². The molecule has 0 spiro atoms. The van der Waals surface area contributed by atoms with Gasteiger partial charge >= 0.3 is 0 Å². The van der Waals surface area contributed by atoms with Gasteiger partial charge in [0, 0.05) is 17.7 Å². The Kier molecular flexibility index (Phi) is 6.57. The topological polar surface area (TPSA) is 97.1 Å². The van der Waals surface area contributed by atoms with Crippen LogP contribution in [0, 0.1) is 0 Å². The number of amides is 1. The lowest BCUT2D eigenvalue weighted by Gasteiger charge is -2.12. The summed E-state index contributed by atoms with van der Waals surface area (Å²) < 4.78 is 15.9. The highest BCUT2D eigenvalue weighted by Gasteiger charge is 2.31. The third kappa shape index (κ3) is 4.81. The van der Waals surface area contributed by atoms with Crippen molar-refractivity contribution in [3.63, 3.8) is 0 Å². The minimum Gasteiger partial charge on any atom is -0.504 e. The largest absolute Gasteiger partial charge is 0.504 e. The van der Waals surface area contributed by atoms with Gasteiger partial charge in [-0.1, -0.05) is 23.7 Å². The van der Waals surface area contributed by atoms with Crippen LogP contribution in [0.5, 0.6) is 11.6 Å². The molecule has 9 heteroatoms. The van der Waals surface area contributed by atoms with Crippen LogP contribution in [-0.4, -0.2) is 55.4 Å². The zero-order valence-corrected chi connectivity index (χ0v) is 19.3. The molecule has 1 amide bonds. The number of aromatic nitrogens is 1. The summed E-state index contributed by atoms with van der Waals surface area (Å²) in [5.41, 5.74) is 2.65. The quantitative estimate of drug-likeness (QED) is 0.280. The summed E-state index contributed by atoms with van der Waals surface area (Å²) >= 11 is 6.52. The van der Waals surface area contributed by atoms with Crippen LogP contribution in [0.1, 0.15) is 17.7 Å². The summed E-state index contributed by atoms with van der Waals surface area (Å²) in [5, 5.41) is 17.6. The minimum absolute atomic E-state index is 0.0251. The van der Waals surface area contributed by atoms with Gasteiger partial charge in [0.05, 0.1) is 36.1 Å². The van der Waals surface area contributed by atoms with E-state index in [9.17, 15) is 9.90 Å². The molecule has 0 radical (unpaired) electrons. The summed E-state index contributed by atoms with van der Waals surface area (Å²) in [7, 11) is 5.49. The lowest BCUT2D eigenvalue weighted by molar-refractivity contribution is -0.110. The highest BCUT2D eigenvalue weighted by Crippen LogP contribution is 2.42. The molecule has 172 valence electrons. The first-order chi connectivity index (χ1) is 15.9. The van der Waals surface area contributed by atoms with Gasteiger partial charge in [-0.25, -0.2) is 0 Å². The predicted octanol–water partition coefficient (Wildman–Crippen LogP) is 4.71. The molecule has 2 aromatic carbocycles. The molecule has 1 aliphatic rings. The molecular weight excluding hydrogens is 446 g/mol. The van der Waals surface area contributed by atoms with E-state index in [-0.39, 0.29) is 23.0 Å². The molecule has 0 saturated heterocycles. The van der Waals surface area contributed by atoms with Crippen molar-refractivity contribution in [1.82, 2.24) is 10.1 Å². The Bertz CT molecular complexity index is 1200. The van der Waals surface area contributed by atoms with E-state index in [4.69, 9.17) is 25.6 Å². The second kappa shape index (κ2) is 9.56. The van der Waals surface area contributed by atoms with Gasteiger partial charge in [-0.05, 0) is 55.5 Å². The SMILES string of the molecule is COc1cc(C(O)=C2C(=O)Nc3cc(Cl)c(-c4ccc(OCCCN(C)C)cc4)cc32)on1. The first-order valence-electron chi connectivity index (χ1n) is 10.3. The highest BCUT2D eigenvalue weighted by atomic mass is 35.5. The normalized spacial score (nSPS) is 14.3. The zero-order valence-electron chi connectivity index (χ0n) is 18.5. The van der Waals surface area contributed by atoms with Crippen LogP contribution in [-0.2, 0) is 4.79 Å². The number of carbonyl (C=O) groups is 1. The molecule has 3 aromatic rings. The van der Waals surface area contributed by atoms with Gasteiger partial charge in [0.2, 0.25) is 5.76 Å². The van der Waals surface area contributed by atoms with Gasteiger partial charge in [-0.2, -0.15) is 0 Å². The van der Waals surface area contributed by atoms with Crippen LogP contribution in [0.3, 0.4) is 0 Å². The molecule has 4 rings (SSSR count). The highest BCUT2D eigenvalue weighted by molar-refractivity contribution is 6.38. The molecule has 2 heterocycles. The number of hydrogen-bond acceptors (Lipinski definition) is 7. The Labute approximate surface area is 196 Å². The molecule has 0 aliphatic carbocycles. The Morgan fingerprint density at radius 3 is 2.61 bits per heavy atom. The number of nitrogens with one attached hydrogen (secondary N) is 1. The lowest BCUT2D eigenvalue weighted by atomic mass is 9.98. The lowest BCUT2D eigenvalue weighted by Crippen LogP contribution is -2.15. The van der Waals surface area contributed by atoms with E-state index in [0.29, 0.717) is 28.4 Å². The van der Waals surface area contributed by atoms with Crippen LogP contribution >= 0.6 is 11.6 Å². The third-order valence-electron chi connectivity index (χ3n) is 5.20. The van der Waals surface area contributed by atoms with Crippen molar-refractivity contribution in [3.05, 3.63) is 58.8 Å². The summed E-state index contributed by atoms with van der Waals surface area (Å²) in [6, 6.07) is 12.4. The van der Waals surface area contributed by atoms with E-state index >= 15 is 0 Å². The van der Waals surface area contributed by atoms with E-state index < -0.39 is 5.91 Å². The number of halogens is 1. The van der Waals surface area contributed by atoms with Crippen molar-refractivity contribution in [3.8, 4) is 22.8 Å². The number of ether oxygens (including phenoxy) is 2. The number of benzene rings is 2. The molecular formula is C24H24ClN3O5. The number of rotatable bonds is 8. The maximum absolute atomic E-state index is 12.6. The fourth-order valence-electron chi connectivity index (χ4n) is 3.54. The van der Waals surface area contributed by atoms with Crippen LogP contribution in [0.4, 0.5) is 5.69 Å². The van der Waals surface area contributed by atoms with Crippen LogP contribution in [0.15, 0.2) is 47.0 Å². The van der Waals surface area contributed by atoms with Crippen LogP contribution in [0.25, 0.3) is 22.5 Å². The minimum atomic E-state index is -0.465. The monoisotopic (exact) mass is 469 g/mol. The maximum atomic E-state index is 12.6. The predicted molar refractivity (Wildman–Crippen MR) is 127 cm³/mol. The average molecular weight is 470 g/mol. The van der Waals surface area contributed by atoms with Crippen molar-refractivity contribution in [2.45, 2.75) is 6.42 Å². The number of aliphatic hydroxyl groups excluding tert-OH is 1. The Morgan fingerprint density at radius 1 is 1.18 bits per heavy atom. The van der Waals surface area contributed by atoms with Gasteiger partial charge in [0.15, 0.2) is 5.76 Å². The number of anilines is 1. The molecule has 0 saturated carbocycles. The number of aliphatic hydroxyl groups is 1. The fraction of sp³-hybridized carbons (Fsp3) is 0.250. The molecule has 0 bridgehead atoms. The summed E-state index contributed by atoms with van der Waals surface area (Å²) in [5.74, 6) is 0.183. The van der Waals surface area contributed by atoms with Gasteiger partial charge in [0.25, 0.3) is 11.8 Å². The number of methoxy groups -OCH3 is 1. The molecule has 0 fully saturated rings. The van der Waals surface area contributed by atoms with E-state index in [1.165, 1.54) is 13.2 Å². The van der Waals surface area contributed by atoms with E-state index in [2.05, 4.69) is 15.4 Å². The molecule has 1 aliphatic heterocycles. The fourth-order valence-corrected chi connectivity index (χ4v) is 3.81. The van der Waals surface area contributed by atoms with Crippen molar-refractivity contribution in [2.24, 2.45) is 0 Å². The molecule has 0 atom stereocenters. The van der Waals surface area contributed by atoms with Crippen molar-refractivity contribution in [1.29, 1.82) is 0 Å². The Morgan fingerprint density at radius 2 is 1.94 bits per heavy atom. The summed E-state index contributed by atoms with van der Waals surface area (Å²) in [6.45, 7) is 1.59. The maximum Gasteiger partial charge on any atom is 0.260 e. The molecule has 33 heavy (non-hydrogen) atoms. The van der Waals surface area contributed by atoms with Crippen molar-refractivity contribution < 1.29 is 23.9 Å². The second-order valence-corrected chi connectivity index (χ2v) is 8.23. The van der Waals surface area contributed by atoms with Gasteiger partial charge < -0.3 is 29.3 Å². The first kappa shape index (κ1) is 22.7. The Balaban J connectivity index is 1.62. The molecule has 1 aromatic heterocycles. The standard InChI is InChI=1S/C24H24ClN3O5/c1-28(2)9-4-10-32-15-7-5-14(6-8-15)16-11-17-19(12-18(16)25)26-24(30)22(17)23(29)20-13-21(31-3)27-33-20/h5-8,11-13,29H,4,9-10H2,1-3H3,(H,26,30). The molecule has 0 unspecified atom stereocenters. The molecule has 8 nitrogen and oxygen atoms in total. The van der Waals surface area contributed by atoms with Crippen molar-refractivity contribution >= 4 is 34.5 Å². The van der Waals surface area contributed by atoms with Crippen molar-refractivity contribution in [2.75, 3.05) is 39.7 Å². The van der Waals surface area contributed by atoms with Gasteiger partial charge in [-0.15, -0.1) is 0 Å². The smallest absolute Gasteiger partial charge is 0.260 e. The second-order valence-electron chi connectivity index (χ2n) is 7.82. The Hall–Kier alpha value is -3.49. The number of hydrogen-bond donors (Lipinski definition) is 2. The number of nitrogens with zero attached hydrogens (tertiary/aromatic N) is 2. The summed E-state index contributed by atoms with van der Waals surface area (Å²) in [4.78, 5) is 14.7. The van der Waals surface area contributed by atoms with Gasteiger partial charge in [-0.3, -0.25) is 4.79 Å². The zero-order chi connectivity index (χ0) is 23.5.